The van der Waals surface area contributed by atoms with E-state index in [1.54, 1.807) is 26.0 Å². The van der Waals surface area contributed by atoms with Crippen LogP contribution in [-0.4, -0.2) is 22.1 Å². The second kappa shape index (κ2) is 6.84. The summed E-state index contributed by atoms with van der Waals surface area (Å²) in [5.74, 6) is -0.379. The first kappa shape index (κ1) is 15.7. The Hall–Kier alpha value is -2.70. The second-order valence-electron chi connectivity index (χ2n) is 4.92. The van der Waals surface area contributed by atoms with E-state index >= 15 is 0 Å². The Kier molecular flexibility index (Phi) is 4.88. The molecule has 1 heterocycles. The molecule has 0 saturated carbocycles. The van der Waals surface area contributed by atoms with Crippen LogP contribution in [0.1, 0.15) is 11.1 Å². The van der Waals surface area contributed by atoms with E-state index < -0.39 is 6.03 Å². The van der Waals surface area contributed by atoms with Crippen LogP contribution in [0.5, 0.6) is 0 Å². The first-order chi connectivity index (χ1) is 10.5. The highest BCUT2D eigenvalue weighted by Crippen LogP contribution is 2.13. The third-order valence-electron chi connectivity index (χ3n) is 3.14. The Morgan fingerprint density at radius 3 is 2.82 bits per heavy atom. The van der Waals surface area contributed by atoms with Crippen LogP contribution >= 0.6 is 0 Å². The van der Waals surface area contributed by atoms with Gasteiger partial charge < -0.3 is 10.6 Å². The number of aryl methyl sites for hydroxylation is 2. The van der Waals surface area contributed by atoms with Crippen molar-refractivity contribution in [3.05, 3.63) is 58.0 Å². The van der Waals surface area contributed by atoms with Crippen molar-refractivity contribution in [1.29, 1.82) is 0 Å². The molecular weight excluding hydrogens is 287 g/mol. The zero-order chi connectivity index (χ0) is 16.1. The number of carbonyl (C=O) groups is 1. The quantitative estimate of drug-likeness (QED) is 0.904. The fraction of sp³-hybridized carbons (Fsp3) is 0.267. The molecule has 6 nitrogen and oxygen atoms in total. The molecule has 0 spiro atoms. The van der Waals surface area contributed by atoms with Crippen molar-refractivity contribution in [2.24, 2.45) is 0 Å². The number of benzene rings is 1. The Morgan fingerprint density at radius 2 is 2.09 bits per heavy atom. The lowest BCUT2D eigenvalue weighted by Crippen LogP contribution is -2.34. The van der Waals surface area contributed by atoms with Crippen LogP contribution in [0.3, 0.4) is 0 Å². The Bertz CT molecular complexity index is 743. The van der Waals surface area contributed by atoms with Gasteiger partial charge in [0, 0.05) is 30.5 Å². The molecule has 0 aliphatic rings. The van der Waals surface area contributed by atoms with Crippen LogP contribution < -0.4 is 16.2 Å². The molecule has 7 heteroatoms. The van der Waals surface area contributed by atoms with E-state index in [4.69, 9.17) is 0 Å². The van der Waals surface area contributed by atoms with Crippen molar-refractivity contribution in [1.82, 2.24) is 14.9 Å². The lowest BCUT2D eigenvalue weighted by Gasteiger charge is -2.09. The standard InChI is InChI=1S/C15H17FN4O2/c1-10-3-4-12(7-13(10)16)19-15(22)18-5-6-20-9-17-8-11(2)14(20)21/h3-4,7-9H,5-6H2,1-2H3,(H2,18,19,22). The number of amides is 2. The monoisotopic (exact) mass is 304 g/mol. The number of nitrogens with one attached hydrogen (secondary N) is 2. The van der Waals surface area contributed by atoms with Crippen molar-refractivity contribution >= 4 is 11.7 Å². The number of rotatable bonds is 4. The van der Waals surface area contributed by atoms with E-state index in [0.717, 1.165) is 0 Å². The Balaban J connectivity index is 1.86. The summed E-state index contributed by atoms with van der Waals surface area (Å²) in [6.45, 7) is 3.89. The number of aromatic nitrogens is 2. The molecule has 2 amide bonds. The van der Waals surface area contributed by atoms with E-state index in [-0.39, 0.29) is 17.9 Å². The highest BCUT2D eigenvalue weighted by Gasteiger charge is 2.05. The highest BCUT2D eigenvalue weighted by molar-refractivity contribution is 5.89. The number of hydrogen-bond acceptors (Lipinski definition) is 3. The largest absolute Gasteiger partial charge is 0.336 e. The summed E-state index contributed by atoms with van der Waals surface area (Å²) in [6, 6.07) is 4.00. The molecule has 0 aliphatic heterocycles. The van der Waals surface area contributed by atoms with Crippen LogP contribution in [0.2, 0.25) is 0 Å². The van der Waals surface area contributed by atoms with E-state index in [0.29, 0.717) is 23.4 Å². The Morgan fingerprint density at radius 1 is 1.32 bits per heavy atom. The summed E-state index contributed by atoms with van der Waals surface area (Å²) in [5, 5.41) is 5.13. The fourth-order valence-electron chi connectivity index (χ4n) is 1.85. The fourth-order valence-corrected chi connectivity index (χ4v) is 1.85. The molecule has 2 aromatic rings. The van der Waals surface area contributed by atoms with E-state index in [2.05, 4.69) is 15.6 Å². The normalized spacial score (nSPS) is 10.3. The molecule has 0 aliphatic carbocycles. The average Bonchev–Trinajstić information content (AvgIpc) is 2.47. The van der Waals surface area contributed by atoms with Crippen molar-refractivity contribution < 1.29 is 9.18 Å². The summed E-state index contributed by atoms with van der Waals surface area (Å²) in [5.41, 5.74) is 1.28. The molecule has 1 aromatic carbocycles. The Labute approximate surface area is 127 Å². The second-order valence-corrected chi connectivity index (χ2v) is 4.92. The van der Waals surface area contributed by atoms with E-state index in [9.17, 15) is 14.0 Å². The van der Waals surface area contributed by atoms with Crippen LogP contribution in [0.4, 0.5) is 14.9 Å². The van der Waals surface area contributed by atoms with E-state index in [1.807, 2.05) is 0 Å². The van der Waals surface area contributed by atoms with Crippen LogP contribution in [0.25, 0.3) is 0 Å². The molecule has 2 rings (SSSR count). The van der Waals surface area contributed by atoms with Crippen LogP contribution in [0.15, 0.2) is 35.5 Å². The summed E-state index contributed by atoms with van der Waals surface area (Å²) in [7, 11) is 0. The van der Waals surface area contributed by atoms with Crippen molar-refractivity contribution in [3.63, 3.8) is 0 Å². The number of anilines is 1. The topological polar surface area (TPSA) is 76.0 Å². The van der Waals surface area contributed by atoms with Crippen LogP contribution in [-0.2, 0) is 6.54 Å². The van der Waals surface area contributed by atoms with Gasteiger partial charge in [0.05, 0.1) is 6.33 Å². The van der Waals surface area contributed by atoms with Gasteiger partial charge in [-0.3, -0.25) is 9.36 Å². The maximum atomic E-state index is 13.4. The molecule has 0 bridgehead atoms. The average molecular weight is 304 g/mol. The lowest BCUT2D eigenvalue weighted by atomic mass is 10.2. The van der Waals surface area contributed by atoms with Gasteiger partial charge in [0.2, 0.25) is 0 Å². The minimum absolute atomic E-state index is 0.141. The number of halogens is 1. The minimum Gasteiger partial charge on any atom is -0.336 e. The van der Waals surface area contributed by atoms with Gasteiger partial charge in [-0.2, -0.15) is 0 Å². The van der Waals surface area contributed by atoms with Gasteiger partial charge in [-0.25, -0.2) is 14.2 Å². The molecular formula is C15H17FN4O2. The number of urea groups is 1. The third-order valence-corrected chi connectivity index (χ3v) is 3.14. The van der Waals surface area contributed by atoms with Gasteiger partial charge in [-0.1, -0.05) is 6.07 Å². The summed E-state index contributed by atoms with van der Waals surface area (Å²) < 4.78 is 14.8. The van der Waals surface area contributed by atoms with Crippen molar-refractivity contribution in [3.8, 4) is 0 Å². The summed E-state index contributed by atoms with van der Waals surface area (Å²) in [4.78, 5) is 27.4. The van der Waals surface area contributed by atoms with Gasteiger partial charge in [-0.05, 0) is 31.5 Å². The van der Waals surface area contributed by atoms with Gasteiger partial charge in [0.1, 0.15) is 5.82 Å². The number of nitrogens with zero attached hydrogens (tertiary/aromatic N) is 2. The predicted octanol–water partition coefficient (Wildman–Crippen LogP) is 1.82. The SMILES string of the molecule is Cc1ccc(NC(=O)NCCn2cncc(C)c2=O)cc1F. The maximum Gasteiger partial charge on any atom is 0.319 e. The molecule has 0 atom stereocenters. The summed E-state index contributed by atoms with van der Waals surface area (Å²) in [6.07, 6.45) is 2.91. The van der Waals surface area contributed by atoms with Gasteiger partial charge in [-0.15, -0.1) is 0 Å². The predicted molar refractivity (Wildman–Crippen MR) is 81.4 cm³/mol. The molecule has 116 valence electrons. The molecule has 22 heavy (non-hydrogen) atoms. The van der Waals surface area contributed by atoms with Gasteiger partial charge in [0.25, 0.3) is 5.56 Å². The zero-order valence-corrected chi connectivity index (χ0v) is 12.4. The van der Waals surface area contributed by atoms with Crippen LogP contribution in [0, 0.1) is 19.7 Å². The van der Waals surface area contributed by atoms with Gasteiger partial charge in [0.15, 0.2) is 0 Å². The van der Waals surface area contributed by atoms with E-state index in [1.165, 1.54) is 23.2 Å². The van der Waals surface area contributed by atoms with Crippen molar-refractivity contribution in [2.45, 2.75) is 20.4 Å². The smallest absolute Gasteiger partial charge is 0.319 e. The molecule has 0 unspecified atom stereocenters. The van der Waals surface area contributed by atoms with Crippen molar-refractivity contribution in [2.75, 3.05) is 11.9 Å². The first-order valence-electron chi connectivity index (χ1n) is 6.79. The molecule has 0 radical (unpaired) electrons. The highest BCUT2D eigenvalue weighted by atomic mass is 19.1. The molecule has 1 aromatic heterocycles. The molecule has 0 fully saturated rings. The zero-order valence-electron chi connectivity index (χ0n) is 12.4. The number of hydrogen-bond donors (Lipinski definition) is 2. The first-order valence-corrected chi connectivity index (χ1v) is 6.79. The van der Waals surface area contributed by atoms with Gasteiger partial charge >= 0.3 is 6.03 Å². The minimum atomic E-state index is -0.461. The third kappa shape index (κ3) is 3.91. The summed E-state index contributed by atoms with van der Waals surface area (Å²) >= 11 is 0. The number of carbonyl (C=O) groups excluding carboxylic acids is 1. The molecule has 2 N–H and O–H groups in total. The lowest BCUT2D eigenvalue weighted by molar-refractivity contribution is 0.251. The maximum absolute atomic E-state index is 13.4. The molecule has 0 saturated heterocycles.